The third-order valence-corrected chi connectivity index (χ3v) is 2.88. The molecular formula is C8H21NOSi2. The summed E-state index contributed by atoms with van der Waals surface area (Å²) in [6.07, 6.45) is 3.73. The van der Waals surface area contributed by atoms with Crippen molar-refractivity contribution >= 4 is 16.6 Å². The van der Waals surface area contributed by atoms with Crippen molar-refractivity contribution in [2.75, 3.05) is 0 Å². The second kappa shape index (κ2) is 4.14. The van der Waals surface area contributed by atoms with Crippen LogP contribution in [0.2, 0.25) is 39.3 Å². The van der Waals surface area contributed by atoms with Gasteiger partial charge in [-0.05, 0) is 19.6 Å². The van der Waals surface area contributed by atoms with Crippen LogP contribution in [-0.4, -0.2) is 16.6 Å². The molecule has 0 aliphatic carbocycles. The molecule has 0 atom stereocenters. The van der Waals surface area contributed by atoms with E-state index in [4.69, 9.17) is 4.43 Å². The molecule has 0 spiro atoms. The number of hydrogen-bond donors (Lipinski definition) is 1. The van der Waals surface area contributed by atoms with E-state index in [-0.39, 0.29) is 0 Å². The highest BCUT2D eigenvalue weighted by molar-refractivity contribution is 6.73. The smallest absolute Gasteiger partial charge is 0.241 e. The molecule has 0 unspecified atom stereocenters. The minimum absolute atomic E-state index is 1.15. The van der Waals surface area contributed by atoms with Crippen molar-refractivity contribution in [2.24, 2.45) is 0 Å². The molecule has 2 nitrogen and oxygen atoms in total. The lowest BCUT2D eigenvalue weighted by Crippen LogP contribution is -2.37. The van der Waals surface area contributed by atoms with E-state index in [0.29, 0.717) is 0 Å². The molecule has 72 valence electrons. The van der Waals surface area contributed by atoms with Gasteiger partial charge in [0.2, 0.25) is 8.32 Å². The predicted octanol–water partition coefficient (Wildman–Crippen LogP) is 2.73. The summed E-state index contributed by atoms with van der Waals surface area (Å²) in [7, 11) is -2.52. The summed E-state index contributed by atoms with van der Waals surface area (Å²) in [6, 6.07) is 0. The highest BCUT2D eigenvalue weighted by atomic mass is 28.4. The van der Waals surface area contributed by atoms with Crippen LogP contribution < -0.4 is 4.98 Å². The zero-order chi connectivity index (χ0) is 9.83. The highest BCUT2D eigenvalue weighted by Crippen LogP contribution is 2.02. The highest BCUT2D eigenvalue weighted by Gasteiger charge is 2.13. The fourth-order valence-electron chi connectivity index (χ4n) is 0.522. The first-order valence-electron chi connectivity index (χ1n) is 4.31. The zero-order valence-corrected chi connectivity index (χ0v) is 11.1. The third-order valence-electron chi connectivity index (χ3n) is 1.01. The lowest BCUT2D eigenvalue weighted by Gasteiger charge is -2.18. The summed E-state index contributed by atoms with van der Waals surface area (Å²) in [5.74, 6) is 0. The molecule has 0 saturated heterocycles. The van der Waals surface area contributed by atoms with Crippen molar-refractivity contribution in [3.8, 4) is 0 Å². The van der Waals surface area contributed by atoms with Crippen molar-refractivity contribution < 1.29 is 4.43 Å². The number of hydrogen-bond acceptors (Lipinski definition) is 2. The molecule has 0 aliphatic rings. The molecule has 0 bridgehead atoms. The van der Waals surface area contributed by atoms with Gasteiger partial charge < -0.3 is 9.41 Å². The lowest BCUT2D eigenvalue weighted by molar-refractivity contribution is 0.477. The molecule has 0 saturated carbocycles. The second-order valence-electron chi connectivity index (χ2n) is 4.93. The average molecular weight is 203 g/mol. The van der Waals surface area contributed by atoms with Gasteiger partial charge >= 0.3 is 0 Å². The Morgan fingerprint density at radius 1 is 1.00 bits per heavy atom. The molecule has 0 aromatic rings. The first kappa shape index (κ1) is 11.8. The van der Waals surface area contributed by atoms with Gasteiger partial charge in [0.25, 0.3) is 0 Å². The van der Waals surface area contributed by atoms with E-state index < -0.39 is 16.6 Å². The normalized spacial score (nSPS) is 13.5. The Labute approximate surface area is 78.2 Å². The van der Waals surface area contributed by atoms with Gasteiger partial charge in [0.05, 0.1) is 6.26 Å². The van der Waals surface area contributed by atoms with Crippen molar-refractivity contribution in [1.82, 2.24) is 4.98 Å². The molecule has 0 heterocycles. The summed E-state index contributed by atoms with van der Waals surface area (Å²) in [5.41, 5.74) is 0. The van der Waals surface area contributed by atoms with E-state index in [1.165, 1.54) is 0 Å². The molecule has 0 aromatic carbocycles. The van der Waals surface area contributed by atoms with Gasteiger partial charge in [-0.25, -0.2) is 0 Å². The van der Waals surface area contributed by atoms with Crippen LogP contribution in [0.1, 0.15) is 0 Å². The van der Waals surface area contributed by atoms with Crippen LogP contribution in [0.5, 0.6) is 0 Å². The molecule has 0 rings (SSSR count). The first-order valence-corrected chi connectivity index (χ1v) is 11.2. The van der Waals surface area contributed by atoms with Gasteiger partial charge in [-0.3, -0.25) is 0 Å². The van der Waals surface area contributed by atoms with E-state index in [2.05, 4.69) is 44.3 Å². The lowest BCUT2D eigenvalue weighted by atomic mass is 11.0. The quantitative estimate of drug-likeness (QED) is 0.560. The summed E-state index contributed by atoms with van der Waals surface area (Å²) in [6.45, 7) is 13.3. The van der Waals surface area contributed by atoms with E-state index in [0.717, 1.165) is 0 Å². The van der Waals surface area contributed by atoms with Crippen LogP contribution >= 0.6 is 0 Å². The van der Waals surface area contributed by atoms with E-state index in [9.17, 15) is 0 Å². The average Bonchev–Trinajstić information content (AvgIpc) is 1.76. The molecule has 4 heteroatoms. The maximum atomic E-state index is 5.54. The van der Waals surface area contributed by atoms with Gasteiger partial charge in [-0.15, -0.1) is 0 Å². The van der Waals surface area contributed by atoms with Gasteiger partial charge in [0, 0.05) is 6.20 Å². The van der Waals surface area contributed by atoms with Crippen LogP contribution in [0.4, 0.5) is 0 Å². The van der Waals surface area contributed by atoms with Crippen molar-refractivity contribution in [3.63, 3.8) is 0 Å². The Morgan fingerprint density at radius 2 is 1.50 bits per heavy atom. The van der Waals surface area contributed by atoms with Crippen LogP contribution in [0, 0.1) is 0 Å². The minimum atomic E-state index is -1.36. The van der Waals surface area contributed by atoms with Crippen LogP contribution in [-0.2, 0) is 4.43 Å². The first-order chi connectivity index (χ1) is 5.21. The number of nitrogens with one attached hydrogen (secondary N) is 1. The van der Waals surface area contributed by atoms with Crippen molar-refractivity contribution in [3.05, 3.63) is 12.5 Å². The Balaban J connectivity index is 3.66. The molecular weight excluding hydrogens is 182 g/mol. The van der Waals surface area contributed by atoms with Gasteiger partial charge in [0.1, 0.15) is 8.24 Å². The summed E-state index contributed by atoms with van der Waals surface area (Å²) in [4.78, 5) is 3.35. The van der Waals surface area contributed by atoms with Gasteiger partial charge in [-0.2, -0.15) is 0 Å². The second-order valence-corrected chi connectivity index (χ2v) is 14.2. The van der Waals surface area contributed by atoms with Gasteiger partial charge in [0.15, 0.2) is 0 Å². The fraction of sp³-hybridized carbons (Fsp3) is 0.750. The number of rotatable bonds is 4. The van der Waals surface area contributed by atoms with E-state index >= 15 is 0 Å². The zero-order valence-electron chi connectivity index (χ0n) is 9.06. The Kier molecular flexibility index (Phi) is 4.06. The SMILES string of the molecule is C[Si](C)(C)NC=CO[Si](C)(C)C. The van der Waals surface area contributed by atoms with Crippen molar-refractivity contribution in [1.29, 1.82) is 0 Å². The Bertz CT molecular complexity index is 137. The molecule has 0 fully saturated rings. The molecule has 0 aromatic heterocycles. The summed E-state index contributed by atoms with van der Waals surface area (Å²) in [5, 5.41) is 0. The largest absolute Gasteiger partial charge is 0.548 e. The van der Waals surface area contributed by atoms with E-state index in [1.54, 1.807) is 6.26 Å². The molecule has 1 N–H and O–H groups in total. The van der Waals surface area contributed by atoms with Crippen LogP contribution in [0.3, 0.4) is 0 Å². The molecule has 0 aliphatic heterocycles. The summed E-state index contributed by atoms with van der Waals surface area (Å²) >= 11 is 0. The monoisotopic (exact) mass is 203 g/mol. The predicted molar refractivity (Wildman–Crippen MR) is 60.1 cm³/mol. The Morgan fingerprint density at radius 3 is 1.83 bits per heavy atom. The maximum absolute atomic E-state index is 5.54. The van der Waals surface area contributed by atoms with Crippen LogP contribution in [0.25, 0.3) is 0 Å². The Hall–Kier alpha value is -0.226. The van der Waals surface area contributed by atoms with E-state index in [1.807, 2.05) is 6.20 Å². The maximum Gasteiger partial charge on any atom is 0.241 e. The van der Waals surface area contributed by atoms with Crippen molar-refractivity contribution in [2.45, 2.75) is 39.3 Å². The molecule has 0 radical (unpaired) electrons. The minimum Gasteiger partial charge on any atom is -0.548 e. The topological polar surface area (TPSA) is 21.3 Å². The standard InChI is InChI=1S/C8H21NOSi2/c1-11(2,3)9-7-8-10-12(4,5)6/h7-9H,1-6H3. The van der Waals surface area contributed by atoms with Gasteiger partial charge in [-0.1, -0.05) is 19.6 Å². The van der Waals surface area contributed by atoms with Crippen LogP contribution in [0.15, 0.2) is 12.5 Å². The summed E-state index contributed by atoms with van der Waals surface area (Å²) < 4.78 is 5.54. The fourth-order valence-corrected chi connectivity index (χ4v) is 1.57. The molecule has 0 amide bonds. The molecule has 12 heavy (non-hydrogen) atoms. The third kappa shape index (κ3) is 9.77.